The number of anilines is 1. The summed E-state index contributed by atoms with van der Waals surface area (Å²) in [5, 5.41) is 2.49. The molecule has 1 amide bonds. The van der Waals surface area contributed by atoms with Crippen molar-refractivity contribution in [3.05, 3.63) is 53.7 Å². The van der Waals surface area contributed by atoms with E-state index in [-0.39, 0.29) is 17.9 Å². The second kappa shape index (κ2) is 6.19. The zero-order valence-electron chi connectivity index (χ0n) is 13.1. The molecule has 124 valence electrons. The van der Waals surface area contributed by atoms with Gasteiger partial charge < -0.3 is 19.0 Å². The lowest BCUT2D eigenvalue weighted by atomic mass is 10.3. The molecule has 7 heteroatoms. The van der Waals surface area contributed by atoms with E-state index < -0.39 is 17.7 Å². The summed E-state index contributed by atoms with van der Waals surface area (Å²) in [5.41, 5.74) is 1.34. The van der Waals surface area contributed by atoms with Crippen LogP contribution in [0.3, 0.4) is 0 Å². The van der Waals surface area contributed by atoms with Gasteiger partial charge in [0.15, 0.2) is 5.58 Å². The number of fused-ring (bicyclic) bond motifs is 1. The number of benzene rings is 1. The van der Waals surface area contributed by atoms with Crippen LogP contribution >= 0.6 is 0 Å². The molecule has 0 saturated carbocycles. The summed E-state index contributed by atoms with van der Waals surface area (Å²) in [6, 6.07) is 9.10. The van der Waals surface area contributed by atoms with Crippen LogP contribution in [0.5, 0.6) is 0 Å². The first kappa shape index (κ1) is 15.8. The molecule has 3 rings (SSSR count). The third kappa shape index (κ3) is 2.88. The molecule has 0 aliphatic carbocycles. The Hall–Kier alpha value is -3.09. The van der Waals surface area contributed by atoms with E-state index in [9.17, 15) is 14.0 Å². The molecule has 6 nitrogen and oxygen atoms in total. The SMILES string of the molecule is COC(=O)c1cc2oc(C)cc2n1CC(=O)Nc1ccccc1F. The first-order valence-electron chi connectivity index (χ1n) is 7.22. The number of ether oxygens (including phenoxy) is 1. The highest BCUT2D eigenvalue weighted by Crippen LogP contribution is 2.24. The van der Waals surface area contributed by atoms with Gasteiger partial charge in [0.05, 0.1) is 18.3 Å². The fraction of sp³-hybridized carbons (Fsp3) is 0.176. The summed E-state index contributed by atoms with van der Waals surface area (Å²) in [5.74, 6) is -0.935. The number of carbonyl (C=O) groups is 2. The Kier molecular flexibility index (Phi) is 4.07. The Morgan fingerprint density at radius 2 is 2.04 bits per heavy atom. The molecule has 2 aromatic heterocycles. The number of amides is 1. The molecule has 0 atom stereocenters. The van der Waals surface area contributed by atoms with Crippen LogP contribution in [-0.4, -0.2) is 23.6 Å². The molecule has 0 saturated heterocycles. The molecule has 0 unspecified atom stereocenters. The van der Waals surface area contributed by atoms with Crippen LogP contribution in [0, 0.1) is 12.7 Å². The molecule has 0 radical (unpaired) electrons. The molecule has 2 heterocycles. The van der Waals surface area contributed by atoms with Crippen LogP contribution in [0.25, 0.3) is 11.1 Å². The van der Waals surface area contributed by atoms with Crippen molar-refractivity contribution in [3.8, 4) is 0 Å². The lowest BCUT2D eigenvalue weighted by molar-refractivity contribution is -0.116. The molecule has 24 heavy (non-hydrogen) atoms. The minimum atomic E-state index is -0.585. The summed E-state index contributed by atoms with van der Waals surface area (Å²) < 4.78 is 25.3. The molecular weight excluding hydrogens is 315 g/mol. The van der Waals surface area contributed by atoms with Crippen molar-refractivity contribution in [2.45, 2.75) is 13.5 Å². The number of esters is 1. The van der Waals surface area contributed by atoms with Gasteiger partial charge in [0.1, 0.15) is 23.8 Å². The Morgan fingerprint density at radius 3 is 2.75 bits per heavy atom. The molecule has 0 fully saturated rings. The average molecular weight is 330 g/mol. The number of hydrogen-bond acceptors (Lipinski definition) is 4. The number of para-hydroxylation sites is 1. The fourth-order valence-corrected chi connectivity index (χ4v) is 2.51. The highest BCUT2D eigenvalue weighted by Gasteiger charge is 2.21. The molecule has 0 bridgehead atoms. The van der Waals surface area contributed by atoms with Gasteiger partial charge in [-0.3, -0.25) is 4.79 Å². The lowest BCUT2D eigenvalue weighted by Gasteiger charge is -2.10. The highest BCUT2D eigenvalue weighted by atomic mass is 19.1. The van der Waals surface area contributed by atoms with Gasteiger partial charge in [-0.25, -0.2) is 9.18 Å². The van der Waals surface area contributed by atoms with Crippen LogP contribution in [0.15, 0.2) is 40.8 Å². The molecule has 0 aliphatic rings. The van der Waals surface area contributed by atoms with Crippen molar-refractivity contribution in [1.82, 2.24) is 4.57 Å². The number of methoxy groups -OCH3 is 1. The Labute approximate surface area is 136 Å². The number of aryl methyl sites for hydroxylation is 1. The number of furan rings is 1. The number of rotatable bonds is 4. The summed E-state index contributed by atoms with van der Waals surface area (Å²) in [6.45, 7) is 1.59. The van der Waals surface area contributed by atoms with E-state index in [2.05, 4.69) is 5.32 Å². The number of carbonyl (C=O) groups excluding carboxylic acids is 2. The second-order valence-corrected chi connectivity index (χ2v) is 5.24. The van der Waals surface area contributed by atoms with Gasteiger partial charge >= 0.3 is 5.97 Å². The summed E-state index contributed by atoms with van der Waals surface area (Å²) >= 11 is 0. The Morgan fingerprint density at radius 1 is 1.29 bits per heavy atom. The number of nitrogens with zero attached hydrogens (tertiary/aromatic N) is 1. The maximum Gasteiger partial charge on any atom is 0.354 e. The van der Waals surface area contributed by atoms with Gasteiger partial charge in [-0.05, 0) is 19.1 Å². The van der Waals surface area contributed by atoms with E-state index in [0.29, 0.717) is 16.9 Å². The van der Waals surface area contributed by atoms with Crippen molar-refractivity contribution in [2.75, 3.05) is 12.4 Å². The number of aromatic nitrogens is 1. The minimum Gasteiger partial charge on any atom is -0.464 e. The third-order valence-corrected chi connectivity index (χ3v) is 3.56. The van der Waals surface area contributed by atoms with Crippen LogP contribution < -0.4 is 5.32 Å². The largest absolute Gasteiger partial charge is 0.464 e. The van der Waals surface area contributed by atoms with Crippen molar-refractivity contribution < 1.29 is 23.1 Å². The van der Waals surface area contributed by atoms with Crippen LogP contribution in [0.4, 0.5) is 10.1 Å². The molecule has 0 aliphatic heterocycles. The second-order valence-electron chi connectivity index (χ2n) is 5.24. The van der Waals surface area contributed by atoms with Gasteiger partial charge in [-0.15, -0.1) is 0 Å². The Balaban J connectivity index is 1.92. The predicted molar refractivity (Wildman–Crippen MR) is 85.3 cm³/mol. The topological polar surface area (TPSA) is 73.5 Å². The summed E-state index contributed by atoms with van der Waals surface area (Å²) in [7, 11) is 1.26. The number of hydrogen-bond donors (Lipinski definition) is 1. The van der Waals surface area contributed by atoms with E-state index >= 15 is 0 Å². The average Bonchev–Trinajstić information content (AvgIpc) is 3.06. The zero-order valence-corrected chi connectivity index (χ0v) is 13.1. The van der Waals surface area contributed by atoms with Crippen molar-refractivity contribution in [1.29, 1.82) is 0 Å². The predicted octanol–water partition coefficient (Wildman–Crippen LogP) is 3.11. The zero-order chi connectivity index (χ0) is 17.3. The maximum absolute atomic E-state index is 13.6. The Bertz CT molecular complexity index is 926. The first-order chi connectivity index (χ1) is 11.5. The molecular formula is C17H15FN2O4. The first-order valence-corrected chi connectivity index (χ1v) is 7.22. The van der Waals surface area contributed by atoms with Gasteiger partial charge in [-0.2, -0.15) is 0 Å². The maximum atomic E-state index is 13.6. The van der Waals surface area contributed by atoms with Gasteiger partial charge in [0.2, 0.25) is 5.91 Å². The number of nitrogens with one attached hydrogen (secondary N) is 1. The normalized spacial score (nSPS) is 10.8. The van der Waals surface area contributed by atoms with Crippen LogP contribution in [0.2, 0.25) is 0 Å². The van der Waals surface area contributed by atoms with Crippen molar-refractivity contribution in [2.24, 2.45) is 0 Å². The monoisotopic (exact) mass is 330 g/mol. The third-order valence-electron chi connectivity index (χ3n) is 3.56. The molecule has 1 aromatic carbocycles. The van der Waals surface area contributed by atoms with Crippen LogP contribution in [0.1, 0.15) is 16.2 Å². The standard InChI is InChI=1S/C17H15FN2O4/c1-10-7-13-15(24-10)8-14(17(22)23-2)20(13)9-16(21)19-12-6-4-3-5-11(12)18/h3-8H,9H2,1-2H3,(H,19,21). The minimum absolute atomic E-state index is 0.0777. The number of halogens is 1. The highest BCUT2D eigenvalue weighted by molar-refractivity contribution is 5.97. The summed E-state index contributed by atoms with van der Waals surface area (Å²) in [6.07, 6.45) is 0. The quantitative estimate of drug-likeness (QED) is 0.746. The van der Waals surface area contributed by atoms with E-state index in [1.807, 2.05) is 0 Å². The molecule has 0 spiro atoms. The van der Waals surface area contributed by atoms with E-state index in [4.69, 9.17) is 9.15 Å². The van der Waals surface area contributed by atoms with Gasteiger partial charge in [0.25, 0.3) is 0 Å². The lowest BCUT2D eigenvalue weighted by Crippen LogP contribution is -2.22. The molecule has 3 aromatic rings. The summed E-state index contributed by atoms with van der Waals surface area (Å²) in [4.78, 5) is 24.2. The van der Waals surface area contributed by atoms with E-state index in [0.717, 1.165) is 0 Å². The van der Waals surface area contributed by atoms with E-state index in [1.165, 1.54) is 35.9 Å². The van der Waals surface area contributed by atoms with Crippen LogP contribution in [-0.2, 0) is 16.1 Å². The fourth-order valence-electron chi connectivity index (χ4n) is 2.51. The van der Waals surface area contributed by atoms with Gasteiger partial charge in [-0.1, -0.05) is 12.1 Å². The van der Waals surface area contributed by atoms with Gasteiger partial charge in [0, 0.05) is 12.1 Å². The molecule has 1 N–H and O–H groups in total. The van der Waals surface area contributed by atoms with Crippen molar-refractivity contribution >= 4 is 28.7 Å². The van der Waals surface area contributed by atoms with Crippen molar-refractivity contribution in [3.63, 3.8) is 0 Å². The smallest absolute Gasteiger partial charge is 0.354 e. The van der Waals surface area contributed by atoms with E-state index in [1.54, 1.807) is 19.1 Å².